The van der Waals surface area contributed by atoms with Gasteiger partial charge in [-0.2, -0.15) is 0 Å². The van der Waals surface area contributed by atoms with Crippen LogP contribution in [0, 0.1) is 0 Å². The molecule has 2 aliphatic rings. The van der Waals surface area contributed by atoms with E-state index in [-0.39, 0.29) is 0 Å². The van der Waals surface area contributed by atoms with Gasteiger partial charge in [-0.1, -0.05) is 0 Å². The molecule has 2 aliphatic heterocycles. The Hall–Kier alpha value is -1.18. The van der Waals surface area contributed by atoms with Crippen LogP contribution in [0.4, 0.5) is 0 Å². The molecule has 0 saturated carbocycles. The molecule has 0 saturated heterocycles. The van der Waals surface area contributed by atoms with Crippen LogP contribution >= 0.6 is 0 Å². The average Bonchev–Trinajstić information content (AvgIpc) is 2.84. The van der Waals surface area contributed by atoms with E-state index in [1.54, 1.807) is 0 Å². The molecule has 0 fully saturated rings. The third-order valence-electron chi connectivity index (χ3n) is 2.20. The average molecular weight is 316 g/mol. The van der Waals surface area contributed by atoms with Gasteiger partial charge < -0.3 is 0 Å². The molecule has 76 valence electrons. The second-order valence-corrected chi connectivity index (χ2v) is 6.55. The van der Waals surface area contributed by atoms with Crippen LogP contribution in [-0.2, 0) is 6.40 Å². The molecule has 3 rings (SSSR count). The molecule has 5 heteroatoms. The number of rotatable bonds is 1. The van der Waals surface area contributed by atoms with E-state index < -0.39 is 19.9 Å². The predicted molar refractivity (Wildman–Crippen MR) is 59.0 cm³/mol. The normalized spacial score (nSPS) is 19.1. The quantitative estimate of drug-likeness (QED) is 0.728. The number of hydrogen-bond donors (Lipinski definition) is 0. The van der Waals surface area contributed by atoms with Crippen LogP contribution < -0.4 is 0 Å². The molecule has 0 radical (unpaired) electrons. The molecule has 0 spiro atoms. The van der Waals surface area contributed by atoms with Crippen LogP contribution in [0.1, 0.15) is 12.5 Å². The number of oxime groups is 2. The molecule has 15 heavy (non-hydrogen) atoms. The molecule has 1 aromatic carbocycles. The Kier molecular flexibility index (Phi) is 2.08. The molecule has 0 N–H and O–H groups in total. The van der Waals surface area contributed by atoms with Gasteiger partial charge in [0.15, 0.2) is 0 Å². The molecular formula is C10H8N2O2Te. The summed E-state index contributed by atoms with van der Waals surface area (Å²) in [7, 11) is 0. The SMILES string of the molecule is CC1=NO[Te]2=C1C(c1ccccc1)=NO2. The van der Waals surface area contributed by atoms with Crippen molar-refractivity contribution in [3.05, 3.63) is 35.9 Å². The van der Waals surface area contributed by atoms with Crippen LogP contribution in [0.25, 0.3) is 0 Å². The van der Waals surface area contributed by atoms with Crippen LogP contribution in [0.2, 0.25) is 0 Å². The minimum absolute atomic E-state index is 0.894. The molecule has 0 unspecified atom stereocenters. The molecule has 2 heterocycles. The second kappa shape index (κ2) is 3.44. The van der Waals surface area contributed by atoms with E-state index in [2.05, 4.69) is 10.3 Å². The maximum absolute atomic E-state index is 5.30. The van der Waals surface area contributed by atoms with E-state index in [0.29, 0.717) is 0 Å². The summed E-state index contributed by atoms with van der Waals surface area (Å²) in [6.45, 7) is 1.93. The van der Waals surface area contributed by atoms with E-state index >= 15 is 0 Å². The molecule has 0 bridgehead atoms. The molecule has 1 aromatic rings. The number of benzene rings is 1. The van der Waals surface area contributed by atoms with Crippen molar-refractivity contribution in [1.29, 1.82) is 0 Å². The zero-order valence-corrected chi connectivity index (χ0v) is 10.3. The number of hydrogen-bond acceptors (Lipinski definition) is 4. The summed E-state index contributed by atoms with van der Waals surface area (Å²) in [6.07, 6.45) is 0. The van der Waals surface area contributed by atoms with Crippen molar-refractivity contribution in [2.45, 2.75) is 6.92 Å². The zero-order valence-electron chi connectivity index (χ0n) is 8.01. The summed E-state index contributed by atoms with van der Waals surface area (Å²) in [4.78, 5) is 0. The first-order chi connectivity index (χ1) is 7.36. The minimum atomic E-state index is -2.13. The van der Waals surface area contributed by atoms with Gasteiger partial charge >= 0.3 is 94.4 Å². The van der Waals surface area contributed by atoms with Gasteiger partial charge in [0.2, 0.25) is 0 Å². The monoisotopic (exact) mass is 318 g/mol. The van der Waals surface area contributed by atoms with E-state index in [9.17, 15) is 0 Å². The molecule has 4 nitrogen and oxygen atoms in total. The van der Waals surface area contributed by atoms with E-state index in [1.165, 1.54) is 0 Å². The van der Waals surface area contributed by atoms with Gasteiger partial charge in [0, 0.05) is 0 Å². The Labute approximate surface area is 94.4 Å². The number of nitrogens with zero attached hydrogens (tertiary/aromatic N) is 2. The van der Waals surface area contributed by atoms with Crippen molar-refractivity contribution in [2.75, 3.05) is 0 Å². The van der Waals surface area contributed by atoms with Crippen LogP contribution in [0.5, 0.6) is 0 Å². The summed E-state index contributed by atoms with van der Waals surface area (Å²) in [5.74, 6) is 0. The zero-order chi connectivity index (χ0) is 10.3. The predicted octanol–water partition coefficient (Wildman–Crippen LogP) is 1.07. The Bertz CT molecular complexity index is 505. The fraction of sp³-hybridized carbons (Fsp3) is 0.100. The van der Waals surface area contributed by atoms with Crippen molar-refractivity contribution in [2.24, 2.45) is 10.3 Å². The Morgan fingerprint density at radius 3 is 2.60 bits per heavy atom. The van der Waals surface area contributed by atoms with Crippen molar-refractivity contribution in [3.63, 3.8) is 0 Å². The van der Waals surface area contributed by atoms with Gasteiger partial charge in [-0.05, 0) is 0 Å². The fourth-order valence-electron chi connectivity index (χ4n) is 1.48. The first kappa shape index (κ1) is 9.08. The summed E-state index contributed by atoms with van der Waals surface area (Å²) in [5.41, 5.74) is 2.87. The summed E-state index contributed by atoms with van der Waals surface area (Å²) < 4.78 is 11.6. The van der Waals surface area contributed by atoms with Crippen molar-refractivity contribution in [1.82, 2.24) is 0 Å². The van der Waals surface area contributed by atoms with Crippen LogP contribution in [0.3, 0.4) is 0 Å². The maximum atomic E-state index is 5.30. The molecular weight excluding hydrogens is 308 g/mol. The van der Waals surface area contributed by atoms with Gasteiger partial charge in [0.1, 0.15) is 0 Å². The standard InChI is InChI=1S/C10H8N2O2Te/c1-7-10-9(8-5-3-2-4-6-8)12-14-15(10)13-11-7/h2-6H,1H3. The topological polar surface area (TPSA) is 43.2 Å². The van der Waals surface area contributed by atoms with Crippen molar-refractivity contribution in [3.8, 4) is 0 Å². The van der Waals surface area contributed by atoms with Gasteiger partial charge in [0.05, 0.1) is 0 Å². The third-order valence-corrected chi connectivity index (χ3v) is 5.74. The second-order valence-electron chi connectivity index (χ2n) is 3.20. The summed E-state index contributed by atoms with van der Waals surface area (Å²) >= 11 is -2.13. The van der Waals surface area contributed by atoms with E-state index in [1.807, 2.05) is 37.3 Å². The molecule has 0 atom stereocenters. The van der Waals surface area contributed by atoms with Crippen LogP contribution in [0.15, 0.2) is 40.6 Å². The molecule has 0 aromatic heterocycles. The first-order valence-electron chi connectivity index (χ1n) is 4.51. The van der Waals surface area contributed by atoms with Gasteiger partial charge in [-0.25, -0.2) is 0 Å². The third kappa shape index (κ3) is 1.39. The Balaban J connectivity index is 2.07. The first-order valence-corrected chi connectivity index (χ1v) is 7.58. The summed E-state index contributed by atoms with van der Waals surface area (Å²) in [5, 5.41) is 8.04. The van der Waals surface area contributed by atoms with Gasteiger partial charge in [0.25, 0.3) is 0 Å². The fourth-order valence-corrected chi connectivity index (χ4v) is 4.59. The van der Waals surface area contributed by atoms with E-state index in [4.69, 9.17) is 6.40 Å². The van der Waals surface area contributed by atoms with Gasteiger partial charge in [-0.15, -0.1) is 0 Å². The van der Waals surface area contributed by atoms with Crippen molar-refractivity contribution < 1.29 is 6.40 Å². The Morgan fingerprint density at radius 2 is 1.80 bits per heavy atom. The van der Waals surface area contributed by atoms with Gasteiger partial charge in [-0.3, -0.25) is 0 Å². The molecule has 0 amide bonds. The Morgan fingerprint density at radius 1 is 1.07 bits per heavy atom. The van der Waals surface area contributed by atoms with Crippen molar-refractivity contribution >= 4 is 34.9 Å². The molecule has 0 aliphatic carbocycles. The van der Waals surface area contributed by atoms with Crippen LogP contribution in [-0.4, -0.2) is 34.9 Å². The van der Waals surface area contributed by atoms with E-state index in [0.717, 1.165) is 20.5 Å². The summed E-state index contributed by atoms with van der Waals surface area (Å²) in [6, 6.07) is 9.98.